The molecule has 21 heavy (non-hydrogen) atoms. The highest BCUT2D eigenvalue weighted by atomic mass is 16.3. The van der Waals surface area contributed by atoms with Crippen molar-refractivity contribution < 1.29 is 5.11 Å². The molecule has 3 N–H and O–H groups in total. The molecule has 3 aromatic carbocycles. The molecule has 0 saturated heterocycles. The van der Waals surface area contributed by atoms with Crippen LogP contribution < -0.4 is 5.73 Å². The summed E-state index contributed by atoms with van der Waals surface area (Å²) in [4.78, 5) is 0. The number of aliphatic hydroxyl groups is 1. The van der Waals surface area contributed by atoms with Crippen molar-refractivity contribution in [2.45, 2.75) is 6.61 Å². The van der Waals surface area contributed by atoms with Gasteiger partial charge in [-0.25, -0.2) is 0 Å². The zero-order chi connectivity index (χ0) is 14.7. The maximum Gasteiger partial charge on any atom is 0.0702 e. The van der Waals surface area contributed by atoms with E-state index in [1.165, 1.54) is 0 Å². The van der Waals surface area contributed by atoms with Crippen molar-refractivity contribution in [2.24, 2.45) is 0 Å². The summed E-state index contributed by atoms with van der Waals surface area (Å²) in [5, 5.41) is 9.47. The van der Waals surface area contributed by atoms with E-state index in [1.807, 2.05) is 60.7 Å². The Bertz CT molecular complexity index is 736. The molecule has 2 nitrogen and oxygen atoms in total. The molecule has 0 aliphatic heterocycles. The van der Waals surface area contributed by atoms with Gasteiger partial charge in [0, 0.05) is 16.8 Å². The molecule has 3 rings (SSSR count). The van der Waals surface area contributed by atoms with Gasteiger partial charge in [0.25, 0.3) is 0 Å². The molecule has 104 valence electrons. The zero-order valence-corrected chi connectivity index (χ0v) is 11.7. The predicted molar refractivity (Wildman–Crippen MR) is 87.6 cm³/mol. The van der Waals surface area contributed by atoms with E-state index in [4.69, 9.17) is 5.73 Å². The molecular formula is C19H17NO. The van der Waals surface area contributed by atoms with E-state index in [9.17, 15) is 5.11 Å². The summed E-state index contributed by atoms with van der Waals surface area (Å²) < 4.78 is 0. The topological polar surface area (TPSA) is 46.2 Å². The van der Waals surface area contributed by atoms with Gasteiger partial charge in [0.05, 0.1) is 6.61 Å². The van der Waals surface area contributed by atoms with Crippen LogP contribution in [0.15, 0.2) is 72.8 Å². The first kappa shape index (κ1) is 13.4. The molecule has 0 amide bonds. The van der Waals surface area contributed by atoms with Crippen LogP contribution in [0.5, 0.6) is 0 Å². The van der Waals surface area contributed by atoms with Gasteiger partial charge < -0.3 is 10.8 Å². The molecule has 0 atom stereocenters. The van der Waals surface area contributed by atoms with Crippen molar-refractivity contribution in [1.29, 1.82) is 0 Å². The molecule has 0 aromatic heterocycles. The number of hydrogen-bond donors (Lipinski definition) is 2. The van der Waals surface area contributed by atoms with E-state index in [1.54, 1.807) is 0 Å². The second-order valence-electron chi connectivity index (χ2n) is 4.95. The Morgan fingerprint density at radius 1 is 0.714 bits per heavy atom. The van der Waals surface area contributed by atoms with E-state index in [2.05, 4.69) is 12.1 Å². The summed E-state index contributed by atoms with van der Waals surface area (Å²) in [6, 6.07) is 24.1. The van der Waals surface area contributed by atoms with Gasteiger partial charge in [-0.15, -0.1) is 0 Å². The lowest BCUT2D eigenvalue weighted by atomic mass is 9.91. The third kappa shape index (κ3) is 2.54. The van der Waals surface area contributed by atoms with Crippen molar-refractivity contribution in [1.82, 2.24) is 0 Å². The lowest BCUT2D eigenvalue weighted by molar-refractivity contribution is 0.282. The highest BCUT2D eigenvalue weighted by Crippen LogP contribution is 2.38. The summed E-state index contributed by atoms with van der Waals surface area (Å²) in [6.07, 6.45) is 0. The molecule has 0 spiro atoms. The number of nitrogens with two attached hydrogens (primary N) is 1. The smallest absolute Gasteiger partial charge is 0.0702 e. The second-order valence-corrected chi connectivity index (χ2v) is 4.95. The van der Waals surface area contributed by atoms with Gasteiger partial charge in [-0.2, -0.15) is 0 Å². The quantitative estimate of drug-likeness (QED) is 0.707. The molecule has 0 unspecified atom stereocenters. The van der Waals surface area contributed by atoms with Crippen molar-refractivity contribution in [3.63, 3.8) is 0 Å². The fraction of sp³-hybridized carbons (Fsp3) is 0.0526. The van der Waals surface area contributed by atoms with Crippen LogP contribution in [0.1, 0.15) is 5.56 Å². The van der Waals surface area contributed by atoms with Crippen LogP contribution in [0, 0.1) is 0 Å². The average molecular weight is 275 g/mol. The fourth-order valence-electron chi connectivity index (χ4n) is 2.57. The summed E-state index contributed by atoms with van der Waals surface area (Å²) >= 11 is 0. The first-order chi connectivity index (χ1) is 10.3. The lowest BCUT2D eigenvalue weighted by Gasteiger charge is -2.16. The van der Waals surface area contributed by atoms with Gasteiger partial charge in [0.15, 0.2) is 0 Å². The Hall–Kier alpha value is -2.58. The largest absolute Gasteiger partial charge is 0.398 e. The summed E-state index contributed by atoms with van der Waals surface area (Å²) in [5.74, 6) is 0. The van der Waals surface area contributed by atoms with Gasteiger partial charge in [-0.1, -0.05) is 72.8 Å². The third-order valence-electron chi connectivity index (χ3n) is 3.65. The Kier molecular flexibility index (Phi) is 3.71. The maximum atomic E-state index is 9.47. The number of aliphatic hydroxyl groups excluding tert-OH is 1. The maximum absolute atomic E-state index is 9.47. The monoisotopic (exact) mass is 275 g/mol. The minimum absolute atomic E-state index is 0.0548. The molecule has 0 fully saturated rings. The van der Waals surface area contributed by atoms with E-state index in [0.717, 1.165) is 27.8 Å². The normalized spacial score (nSPS) is 10.5. The molecule has 0 radical (unpaired) electrons. The molecule has 0 aliphatic carbocycles. The van der Waals surface area contributed by atoms with Crippen molar-refractivity contribution in [2.75, 3.05) is 5.73 Å². The highest BCUT2D eigenvalue weighted by Gasteiger charge is 2.13. The molecule has 0 aliphatic rings. The lowest BCUT2D eigenvalue weighted by Crippen LogP contribution is -1.99. The van der Waals surface area contributed by atoms with Gasteiger partial charge in [0.2, 0.25) is 0 Å². The average Bonchev–Trinajstić information content (AvgIpc) is 2.56. The van der Waals surface area contributed by atoms with Crippen molar-refractivity contribution >= 4 is 5.69 Å². The predicted octanol–water partition coefficient (Wildman–Crippen LogP) is 4.10. The number of anilines is 1. The van der Waals surface area contributed by atoms with Crippen LogP contribution in [0.25, 0.3) is 22.3 Å². The standard InChI is InChI=1S/C19H17NO/c20-19-16(13-21)11-12-17(14-7-3-1-4-8-14)18(19)15-9-5-2-6-10-15/h1-12,21H,13,20H2. The molecule has 3 aromatic rings. The van der Waals surface area contributed by atoms with Crippen LogP contribution in [0.4, 0.5) is 5.69 Å². The van der Waals surface area contributed by atoms with Crippen LogP contribution >= 0.6 is 0 Å². The first-order valence-electron chi connectivity index (χ1n) is 6.94. The van der Waals surface area contributed by atoms with Crippen LogP contribution in [0.2, 0.25) is 0 Å². The molecule has 0 heterocycles. The number of nitrogen functional groups attached to an aromatic ring is 1. The molecule has 0 saturated carbocycles. The number of hydrogen-bond acceptors (Lipinski definition) is 2. The minimum atomic E-state index is -0.0548. The van der Waals surface area contributed by atoms with Gasteiger partial charge >= 0.3 is 0 Å². The van der Waals surface area contributed by atoms with Crippen LogP contribution in [-0.2, 0) is 6.61 Å². The Labute approximate surface area is 124 Å². The van der Waals surface area contributed by atoms with Crippen LogP contribution in [0.3, 0.4) is 0 Å². The van der Waals surface area contributed by atoms with Gasteiger partial charge in [0.1, 0.15) is 0 Å². The third-order valence-corrected chi connectivity index (χ3v) is 3.65. The fourth-order valence-corrected chi connectivity index (χ4v) is 2.57. The Morgan fingerprint density at radius 3 is 1.86 bits per heavy atom. The highest BCUT2D eigenvalue weighted by molar-refractivity contribution is 5.92. The molecule has 2 heteroatoms. The second kappa shape index (κ2) is 5.81. The van der Waals surface area contributed by atoms with Crippen molar-refractivity contribution in [3.8, 4) is 22.3 Å². The van der Waals surface area contributed by atoms with E-state index < -0.39 is 0 Å². The van der Waals surface area contributed by atoms with E-state index >= 15 is 0 Å². The van der Waals surface area contributed by atoms with Gasteiger partial charge in [-0.05, 0) is 16.7 Å². The molecular weight excluding hydrogens is 258 g/mol. The Morgan fingerprint density at radius 2 is 1.29 bits per heavy atom. The Balaban J connectivity index is 2.28. The van der Waals surface area contributed by atoms with Crippen LogP contribution in [-0.4, -0.2) is 5.11 Å². The minimum Gasteiger partial charge on any atom is -0.398 e. The zero-order valence-electron chi connectivity index (χ0n) is 11.7. The SMILES string of the molecule is Nc1c(CO)ccc(-c2ccccc2)c1-c1ccccc1. The van der Waals surface area contributed by atoms with Crippen molar-refractivity contribution in [3.05, 3.63) is 78.4 Å². The number of rotatable bonds is 3. The summed E-state index contributed by atoms with van der Waals surface area (Å²) in [7, 11) is 0. The van der Waals surface area contributed by atoms with E-state index in [-0.39, 0.29) is 6.61 Å². The van der Waals surface area contributed by atoms with Gasteiger partial charge in [-0.3, -0.25) is 0 Å². The van der Waals surface area contributed by atoms with E-state index in [0.29, 0.717) is 5.69 Å². The molecule has 0 bridgehead atoms. The first-order valence-corrected chi connectivity index (χ1v) is 6.94. The summed E-state index contributed by atoms with van der Waals surface area (Å²) in [5.41, 5.74) is 11.9. The number of benzene rings is 3. The summed E-state index contributed by atoms with van der Waals surface area (Å²) in [6.45, 7) is -0.0548.